The monoisotopic (exact) mass is 622 g/mol. The van der Waals surface area contributed by atoms with E-state index in [-0.39, 0.29) is 71.0 Å². The maximum Gasteiger partial charge on any atom is 2.00 e. The van der Waals surface area contributed by atoms with Gasteiger partial charge in [0.25, 0.3) is 5.91 Å². The van der Waals surface area contributed by atoms with Crippen molar-refractivity contribution in [2.45, 2.75) is 29.7 Å². The summed E-state index contributed by atoms with van der Waals surface area (Å²) in [5.41, 5.74) is 0.406. The minimum absolute atomic E-state index is 0. The van der Waals surface area contributed by atoms with Gasteiger partial charge in [0.05, 0.1) is 21.2 Å². The average Bonchev–Trinajstić information content (AvgIpc) is 2.95. The number of azo groups is 1. The second-order valence-corrected chi connectivity index (χ2v) is 9.62. The summed E-state index contributed by atoms with van der Waals surface area (Å²) in [5, 5.41) is 12.7. The number of carbonyl (C=O) groups excluding carboxylic acids is 1. The third kappa shape index (κ3) is 5.85. The van der Waals surface area contributed by atoms with Gasteiger partial charge in [0.15, 0.2) is 6.04 Å². The van der Waals surface area contributed by atoms with Gasteiger partial charge in [-0.2, -0.15) is 20.3 Å². The molecule has 0 spiro atoms. The molecule has 1 atom stereocenters. The third-order valence-corrected chi connectivity index (χ3v) is 6.38. The van der Waals surface area contributed by atoms with Gasteiger partial charge in [-0.25, -0.2) is 16.8 Å². The van der Waals surface area contributed by atoms with E-state index in [0.717, 1.165) is 29.3 Å². The number of nitrogens with zero attached hydrogens (tertiary/aromatic N) is 4. The number of anilines is 1. The number of halogens is 1. The average molecular weight is 622 g/mol. The first kappa shape index (κ1) is 27.1. The van der Waals surface area contributed by atoms with Crippen molar-refractivity contribution < 1.29 is 30.7 Å². The van der Waals surface area contributed by atoms with Crippen molar-refractivity contribution in [2.24, 2.45) is 15.3 Å². The Balaban J connectivity index is 0.00000363. The second-order valence-electron chi connectivity index (χ2n) is 6.48. The molecule has 0 N–H and O–H groups in total. The molecule has 2 aromatic carbocycles. The normalized spacial score (nSPS) is 16.9. The predicted molar refractivity (Wildman–Crippen MR) is 113 cm³/mol. The first-order valence-corrected chi connectivity index (χ1v) is 11.6. The van der Waals surface area contributed by atoms with Crippen LogP contribution in [0.5, 0.6) is 0 Å². The van der Waals surface area contributed by atoms with E-state index in [9.17, 15) is 30.7 Å². The number of hydrogen-bond donors (Lipinski definition) is 0. The Bertz CT molecular complexity index is 1340. The number of amides is 1. The van der Waals surface area contributed by atoms with E-state index in [1.54, 1.807) is 0 Å². The second kappa shape index (κ2) is 10.0. The van der Waals surface area contributed by atoms with Crippen LogP contribution in [-0.2, 0) is 25.0 Å². The molecule has 15 heteroatoms. The molecule has 164 valence electrons. The molecule has 11 nitrogen and oxygen atoms in total. The topological polar surface area (TPSA) is 172 Å². The SMILES string of the molecule is CC1=NN(c2ccc(S(=O)(=O)[O-])cc2)C(=O)C1N=Nc1cc(Cl)c(C)cc1S(=O)(=O)[O-].[Ba+2]. The molecule has 3 rings (SSSR count). The maximum absolute atomic E-state index is 12.7. The largest absolute Gasteiger partial charge is 2.00 e. The first-order chi connectivity index (χ1) is 14.3. The number of hydrogen-bond acceptors (Lipinski definition) is 10. The van der Waals surface area contributed by atoms with E-state index < -0.39 is 42.0 Å². The van der Waals surface area contributed by atoms with Gasteiger partial charge in [0.1, 0.15) is 25.9 Å². The van der Waals surface area contributed by atoms with Crippen molar-refractivity contribution in [3.8, 4) is 0 Å². The smallest absolute Gasteiger partial charge is 0.744 e. The molecule has 1 aliphatic rings. The Kier molecular flexibility index (Phi) is 8.48. The number of benzene rings is 2. The zero-order valence-electron chi connectivity index (χ0n) is 16.6. The molecule has 0 bridgehead atoms. The standard InChI is InChI=1S/C17H15ClN4O7S2.Ba/c1-9-7-15(31(27,28)29)14(8-13(9)18)19-20-16-10(2)21-22(17(16)23)11-3-5-12(6-4-11)30(24,25)26;/h3-8,16H,1-2H3,(H,24,25,26)(H,27,28,29);/q;+2/p-2. The molecule has 1 heterocycles. The molecular formula is C17H13BaClN4O7S2. The zero-order valence-corrected chi connectivity index (χ0v) is 23.4. The van der Waals surface area contributed by atoms with Gasteiger partial charge in [-0.3, -0.25) is 4.79 Å². The van der Waals surface area contributed by atoms with Gasteiger partial charge in [-0.1, -0.05) is 11.6 Å². The van der Waals surface area contributed by atoms with Crippen molar-refractivity contribution in [1.82, 2.24) is 0 Å². The van der Waals surface area contributed by atoms with Crippen molar-refractivity contribution >= 4 is 104 Å². The van der Waals surface area contributed by atoms with Crippen LogP contribution in [0, 0.1) is 6.92 Å². The van der Waals surface area contributed by atoms with Gasteiger partial charge >= 0.3 is 48.9 Å². The van der Waals surface area contributed by atoms with Gasteiger partial charge in [-0.15, -0.1) is 0 Å². The van der Waals surface area contributed by atoms with Crippen LogP contribution in [0.4, 0.5) is 11.4 Å². The van der Waals surface area contributed by atoms with Crippen molar-refractivity contribution in [1.29, 1.82) is 0 Å². The number of carbonyl (C=O) groups is 1. The van der Waals surface area contributed by atoms with Crippen LogP contribution < -0.4 is 5.01 Å². The fraction of sp³-hybridized carbons (Fsp3) is 0.176. The molecule has 0 aromatic heterocycles. The summed E-state index contributed by atoms with van der Waals surface area (Å²) in [6.07, 6.45) is 0. The summed E-state index contributed by atoms with van der Waals surface area (Å²) in [4.78, 5) is 11.6. The molecular weight excluding hydrogens is 609 g/mol. The molecule has 2 aromatic rings. The number of rotatable bonds is 5. The Morgan fingerprint density at radius 2 is 1.62 bits per heavy atom. The van der Waals surface area contributed by atoms with Crippen molar-refractivity contribution in [3.63, 3.8) is 0 Å². The van der Waals surface area contributed by atoms with Gasteiger partial charge < -0.3 is 9.11 Å². The summed E-state index contributed by atoms with van der Waals surface area (Å²) in [6, 6.07) is 5.51. The van der Waals surface area contributed by atoms with Crippen LogP contribution >= 0.6 is 11.6 Å². The van der Waals surface area contributed by atoms with E-state index in [4.69, 9.17) is 11.6 Å². The van der Waals surface area contributed by atoms with Crippen LogP contribution in [0.1, 0.15) is 12.5 Å². The summed E-state index contributed by atoms with van der Waals surface area (Å²) < 4.78 is 67.6. The zero-order chi connectivity index (χ0) is 23.1. The van der Waals surface area contributed by atoms with Crippen LogP contribution in [0.3, 0.4) is 0 Å². The molecule has 0 saturated heterocycles. The number of hydrazone groups is 1. The quantitative estimate of drug-likeness (QED) is 0.279. The molecule has 1 amide bonds. The summed E-state index contributed by atoms with van der Waals surface area (Å²) in [5.74, 6) is -0.663. The molecule has 1 aliphatic heterocycles. The van der Waals surface area contributed by atoms with E-state index in [2.05, 4.69) is 15.3 Å². The summed E-state index contributed by atoms with van der Waals surface area (Å²) in [6.45, 7) is 2.99. The Labute approximate surface area is 229 Å². The maximum atomic E-state index is 12.7. The van der Waals surface area contributed by atoms with Gasteiger partial charge in [-0.05, 0) is 55.8 Å². The third-order valence-electron chi connectivity index (χ3n) is 4.26. The van der Waals surface area contributed by atoms with Gasteiger partial charge in [0.2, 0.25) is 0 Å². The molecule has 32 heavy (non-hydrogen) atoms. The Morgan fingerprint density at radius 3 is 2.16 bits per heavy atom. The van der Waals surface area contributed by atoms with Crippen LogP contribution in [0.25, 0.3) is 0 Å². The molecule has 0 saturated carbocycles. The van der Waals surface area contributed by atoms with E-state index in [1.165, 1.54) is 26.0 Å². The summed E-state index contributed by atoms with van der Waals surface area (Å²) >= 11 is 5.97. The van der Waals surface area contributed by atoms with Crippen molar-refractivity contribution in [2.75, 3.05) is 5.01 Å². The van der Waals surface area contributed by atoms with Crippen LogP contribution in [-0.4, -0.2) is 92.5 Å². The van der Waals surface area contributed by atoms with E-state index >= 15 is 0 Å². The van der Waals surface area contributed by atoms with E-state index in [0.29, 0.717) is 5.56 Å². The molecule has 1 unspecified atom stereocenters. The molecule has 0 radical (unpaired) electrons. The Morgan fingerprint density at radius 1 is 1.03 bits per heavy atom. The first-order valence-electron chi connectivity index (χ1n) is 8.41. The minimum Gasteiger partial charge on any atom is -0.744 e. The van der Waals surface area contributed by atoms with Crippen molar-refractivity contribution in [3.05, 3.63) is 47.0 Å². The fourth-order valence-corrected chi connectivity index (χ4v) is 3.98. The van der Waals surface area contributed by atoms with Gasteiger partial charge in [0, 0.05) is 5.02 Å². The fourth-order valence-electron chi connectivity index (χ4n) is 2.67. The Hall–Kier alpha value is -1.14. The number of aryl methyl sites for hydroxylation is 1. The summed E-state index contributed by atoms with van der Waals surface area (Å²) in [7, 11) is -9.53. The van der Waals surface area contributed by atoms with Crippen LogP contribution in [0.2, 0.25) is 5.02 Å². The van der Waals surface area contributed by atoms with Crippen LogP contribution in [0.15, 0.2) is 61.5 Å². The predicted octanol–water partition coefficient (Wildman–Crippen LogP) is 1.95. The molecule has 0 fully saturated rings. The van der Waals surface area contributed by atoms with E-state index in [1.807, 2.05) is 0 Å². The minimum atomic E-state index is -4.88. The molecule has 0 aliphatic carbocycles.